The minimum absolute atomic E-state index is 0.107. The molecule has 0 aromatic carbocycles. The molecule has 1 saturated heterocycles. The second-order valence-corrected chi connectivity index (χ2v) is 4.70. The van der Waals surface area contributed by atoms with E-state index in [4.69, 9.17) is 9.47 Å². The van der Waals surface area contributed by atoms with Crippen molar-refractivity contribution in [1.82, 2.24) is 0 Å². The van der Waals surface area contributed by atoms with E-state index in [0.29, 0.717) is 25.7 Å². The van der Waals surface area contributed by atoms with Gasteiger partial charge in [0.1, 0.15) is 6.10 Å². The van der Waals surface area contributed by atoms with Gasteiger partial charge in [0.25, 0.3) is 0 Å². The normalized spacial score (nSPS) is 25.3. The molecule has 1 rings (SSSR count). The lowest BCUT2D eigenvalue weighted by Gasteiger charge is -2.29. The van der Waals surface area contributed by atoms with Crippen LogP contribution in [0.2, 0.25) is 0 Å². The minimum Gasteiger partial charge on any atom is -0.390 e. The third-order valence-corrected chi connectivity index (χ3v) is 3.39. The highest BCUT2D eigenvalue weighted by molar-refractivity contribution is 4.74. The van der Waals surface area contributed by atoms with Gasteiger partial charge in [0.2, 0.25) is 0 Å². The summed E-state index contributed by atoms with van der Waals surface area (Å²) < 4.78 is 10.8. The molecule has 3 heteroatoms. The minimum atomic E-state index is -0.359. The van der Waals surface area contributed by atoms with Gasteiger partial charge in [-0.1, -0.05) is 39.5 Å². The summed E-state index contributed by atoms with van der Waals surface area (Å²) in [6, 6.07) is 0. The fourth-order valence-electron chi connectivity index (χ4n) is 2.20. The molecule has 0 amide bonds. The van der Waals surface area contributed by atoms with Crippen LogP contribution >= 0.6 is 0 Å². The molecule has 0 radical (unpaired) electrons. The first-order valence-electron chi connectivity index (χ1n) is 6.65. The lowest BCUT2D eigenvalue weighted by molar-refractivity contribution is -0.136. The molecule has 3 nitrogen and oxygen atoms in total. The Morgan fingerprint density at radius 1 is 1.31 bits per heavy atom. The van der Waals surface area contributed by atoms with E-state index in [2.05, 4.69) is 13.8 Å². The van der Waals surface area contributed by atoms with Crippen LogP contribution in [0.3, 0.4) is 0 Å². The van der Waals surface area contributed by atoms with Gasteiger partial charge < -0.3 is 14.6 Å². The Morgan fingerprint density at radius 3 is 2.69 bits per heavy atom. The smallest absolute Gasteiger partial charge is 0.107 e. The molecule has 96 valence electrons. The topological polar surface area (TPSA) is 38.7 Å². The summed E-state index contributed by atoms with van der Waals surface area (Å²) >= 11 is 0. The van der Waals surface area contributed by atoms with Crippen molar-refractivity contribution in [3.8, 4) is 0 Å². The summed E-state index contributed by atoms with van der Waals surface area (Å²) in [5, 5.41) is 10.1. The van der Waals surface area contributed by atoms with Crippen LogP contribution in [0, 0.1) is 5.92 Å². The largest absolute Gasteiger partial charge is 0.390 e. The van der Waals surface area contributed by atoms with Gasteiger partial charge in [-0.25, -0.2) is 0 Å². The van der Waals surface area contributed by atoms with E-state index in [1.165, 1.54) is 19.3 Å². The number of ether oxygens (including phenoxy) is 2. The van der Waals surface area contributed by atoms with Gasteiger partial charge in [-0.3, -0.25) is 0 Å². The molecule has 0 aromatic heterocycles. The van der Waals surface area contributed by atoms with Crippen LogP contribution in [-0.4, -0.2) is 37.1 Å². The zero-order chi connectivity index (χ0) is 11.8. The van der Waals surface area contributed by atoms with Crippen LogP contribution in [0.1, 0.15) is 46.0 Å². The molecule has 1 heterocycles. The van der Waals surface area contributed by atoms with E-state index in [0.717, 1.165) is 12.8 Å². The highest BCUT2D eigenvalue weighted by Gasteiger charge is 2.25. The third-order valence-electron chi connectivity index (χ3n) is 3.39. The van der Waals surface area contributed by atoms with Crippen molar-refractivity contribution in [3.63, 3.8) is 0 Å². The molecule has 16 heavy (non-hydrogen) atoms. The lowest BCUT2D eigenvalue weighted by atomic mass is 9.91. The van der Waals surface area contributed by atoms with Crippen molar-refractivity contribution < 1.29 is 14.6 Å². The molecular formula is C13H26O3. The van der Waals surface area contributed by atoms with Gasteiger partial charge >= 0.3 is 0 Å². The summed E-state index contributed by atoms with van der Waals surface area (Å²) in [7, 11) is 0. The van der Waals surface area contributed by atoms with Gasteiger partial charge in [-0.2, -0.15) is 0 Å². The van der Waals surface area contributed by atoms with Crippen LogP contribution in [-0.2, 0) is 9.47 Å². The SMILES string of the molecule is CCCCC(CC)CC(O)C1COCCO1. The van der Waals surface area contributed by atoms with Crippen molar-refractivity contribution in [3.05, 3.63) is 0 Å². The highest BCUT2D eigenvalue weighted by Crippen LogP contribution is 2.21. The molecule has 0 aromatic rings. The van der Waals surface area contributed by atoms with Crippen molar-refractivity contribution in [2.45, 2.75) is 58.2 Å². The van der Waals surface area contributed by atoms with Crippen LogP contribution in [0.4, 0.5) is 0 Å². The number of aliphatic hydroxyl groups is 1. The third kappa shape index (κ3) is 4.81. The second kappa shape index (κ2) is 8.04. The first-order valence-corrected chi connectivity index (χ1v) is 6.65. The standard InChI is InChI=1S/C13H26O3/c1-3-5-6-11(4-2)9-12(14)13-10-15-7-8-16-13/h11-14H,3-10H2,1-2H3. The van der Waals surface area contributed by atoms with Gasteiger partial charge in [-0.05, 0) is 12.3 Å². The van der Waals surface area contributed by atoms with E-state index < -0.39 is 0 Å². The molecule has 1 fully saturated rings. The second-order valence-electron chi connectivity index (χ2n) is 4.70. The molecule has 1 aliphatic rings. The number of rotatable bonds is 7. The van der Waals surface area contributed by atoms with E-state index >= 15 is 0 Å². The first-order chi connectivity index (χ1) is 7.77. The maximum Gasteiger partial charge on any atom is 0.107 e. The quantitative estimate of drug-likeness (QED) is 0.729. The summed E-state index contributed by atoms with van der Waals surface area (Å²) in [4.78, 5) is 0. The molecule has 0 aliphatic carbocycles. The summed E-state index contributed by atoms with van der Waals surface area (Å²) in [5.74, 6) is 0.625. The Hall–Kier alpha value is -0.120. The summed E-state index contributed by atoms with van der Waals surface area (Å²) in [6.45, 7) is 6.24. The molecule has 3 unspecified atom stereocenters. The maximum absolute atomic E-state index is 10.1. The van der Waals surface area contributed by atoms with E-state index in [1.54, 1.807) is 0 Å². The molecule has 0 spiro atoms. The predicted molar refractivity (Wildman–Crippen MR) is 64.5 cm³/mol. The van der Waals surface area contributed by atoms with E-state index in [-0.39, 0.29) is 12.2 Å². The molecule has 1 N–H and O–H groups in total. The Labute approximate surface area is 99.1 Å². The number of unbranched alkanes of at least 4 members (excludes halogenated alkanes) is 1. The van der Waals surface area contributed by atoms with Gasteiger partial charge in [0.05, 0.1) is 25.9 Å². The molecule has 3 atom stereocenters. The molecule has 0 saturated carbocycles. The van der Waals surface area contributed by atoms with Crippen molar-refractivity contribution >= 4 is 0 Å². The monoisotopic (exact) mass is 230 g/mol. The predicted octanol–water partition coefficient (Wildman–Crippen LogP) is 2.37. The van der Waals surface area contributed by atoms with Crippen LogP contribution < -0.4 is 0 Å². The number of hydrogen-bond acceptors (Lipinski definition) is 3. The van der Waals surface area contributed by atoms with Crippen molar-refractivity contribution in [2.24, 2.45) is 5.92 Å². The maximum atomic E-state index is 10.1. The lowest BCUT2D eigenvalue weighted by Crippen LogP contribution is -2.39. The van der Waals surface area contributed by atoms with E-state index in [1.807, 2.05) is 0 Å². The van der Waals surface area contributed by atoms with Crippen LogP contribution in [0.15, 0.2) is 0 Å². The van der Waals surface area contributed by atoms with Gasteiger partial charge in [0, 0.05) is 0 Å². The molecular weight excluding hydrogens is 204 g/mol. The Balaban J connectivity index is 2.26. The molecule has 0 bridgehead atoms. The Morgan fingerprint density at radius 2 is 2.12 bits per heavy atom. The zero-order valence-corrected chi connectivity index (χ0v) is 10.7. The molecule has 1 aliphatic heterocycles. The summed E-state index contributed by atoms with van der Waals surface area (Å²) in [5.41, 5.74) is 0. The van der Waals surface area contributed by atoms with E-state index in [9.17, 15) is 5.11 Å². The summed E-state index contributed by atoms with van der Waals surface area (Å²) in [6.07, 6.45) is 5.24. The van der Waals surface area contributed by atoms with Crippen molar-refractivity contribution in [1.29, 1.82) is 0 Å². The van der Waals surface area contributed by atoms with Crippen LogP contribution in [0.25, 0.3) is 0 Å². The zero-order valence-electron chi connectivity index (χ0n) is 10.7. The Kier molecular flexibility index (Phi) is 7.01. The van der Waals surface area contributed by atoms with Gasteiger partial charge in [0.15, 0.2) is 0 Å². The fraction of sp³-hybridized carbons (Fsp3) is 1.00. The Bertz CT molecular complexity index is 167. The van der Waals surface area contributed by atoms with Gasteiger partial charge in [-0.15, -0.1) is 0 Å². The average Bonchev–Trinajstić information content (AvgIpc) is 2.35. The first kappa shape index (κ1) is 13.9. The average molecular weight is 230 g/mol. The fourth-order valence-corrected chi connectivity index (χ4v) is 2.20. The number of hydrogen-bond donors (Lipinski definition) is 1. The van der Waals surface area contributed by atoms with Crippen molar-refractivity contribution in [2.75, 3.05) is 19.8 Å². The number of aliphatic hydroxyl groups excluding tert-OH is 1. The highest BCUT2D eigenvalue weighted by atomic mass is 16.6. The van der Waals surface area contributed by atoms with Crippen LogP contribution in [0.5, 0.6) is 0 Å².